The molecular formula is C16H15N3OS. The summed E-state index contributed by atoms with van der Waals surface area (Å²) in [7, 11) is 0. The van der Waals surface area contributed by atoms with Crippen LogP contribution in [0.1, 0.15) is 13.8 Å². The summed E-state index contributed by atoms with van der Waals surface area (Å²) in [6.07, 6.45) is 5.57. The van der Waals surface area contributed by atoms with Gasteiger partial charge in [0.1, 0.15) is 0 Å². The maximum Gasteiger partial charge on any atom is 0.248 e. The van der Waals surface area contributed by atoms with Gasteiger partial charge in [0.25, 0.3) is 0 Å². The number of hydrogen-bond donors (Lipinski definition) is 1. The molecule has 3 aromatic rings. The van der Waals surface area contributed by atoms with Crippen molar-refractivity contribution in [2.24, 2.45) is 0 Å². The first-order valence-corrected chi connectivity index (χ1v) is 7.48. The summed E-state index contributed by atoms with van der Waals surface area (Å²) in [5.41, 5.74) is 3.72. The van der Waals surface area contributed by atoms with E-state index in [0.717, 1.165) is 27.5 Å². The summed E-state index contributed by atoms with van der Waals surface area (Å²) in [6, 6.07) is 7.70. The first kappa shape index (κ1) is 13.6. The Kier molecular flexibility index (Phi) is 3.58. The largest absolute Gasteiger partial charge is 0.323 e. The van der Waals surface area contributed by atoms with Gasteiger partial charge in [-0.2, -0.15) is 0 Å². The minimum absolute atomic E-state index is 0.106. The molecule has 0 aliphatic carbocycles. The van der Waals surface area contributed by atoms with E-state index >= 15 is 0 Å². The predicted molar refractivity (Wildman–Crippen MR) is 86.6 cm³/mol. The predicted octanol–water partition coefficient (Wildman–Crippen LogP) is 3.97. The third-order valence-electron chi connectivity index (χ3n) is 2.96. The molecule has 4 nitrogen and oxygen atoms in total. The minimum atomic E-state index is -0.106. The van der Waals surface area contributed by atoms with Crippen LogP contribution in [0.4, 0.5) is 5.69 Å². The number of nitrogens with one attached hydrogen (secondary N) is 1. The van der Waals surface area contributed by atoms with Crippen molar-refractivity contribution in [1.82, 2.24) is 9.38 Å². The Morgan fingerprint density at radius 2 is 2.05 bits per heavy atom. The lowest BCUT2D eigenvalue weighted by atomic mass is 10.1. The number of amides is 1. The number of benzene rings is 1. The molecule has 0 unspecified atom stereocenters. The van der Waals surface area contributed by atoms with E-state index in [9.17, 15) is 4.79 Å². The fourth-order valence-corrected chi connectivity index (χ4v) is 2.73. The van der Waals surface area contributed by atoms with Crippen molar-refractivity contribution in [1.29, 1.82) is 0 Å². The quantitative estimate of drug-likeness (QED) is 0.744. The van der Waals surface area contributed by atoms with Crippen molar-refractivity contribution in [2.45, 2.75) is 13.8 Å². The topological polar surface area (TPSA) is 46.4 Å². The molecule has 0 fully saturated rings. The van der Waals surface area contributed by atoms with Crippen molar-refractivity contribution in [2.75, 3.05) is 5.32 Å². The molecule has 2 aromatic heterocycles. The third-order valence-corrected chi connectivity index (χ3v) is 3.73. The lowest BCUT2D eigenvalue weighted by molar-refractivity contribution is -0.111. The van der Waals surface area contributed by atoms with Gasteiger partial charge in [-0.15, -0.1) is 11.3 Å². The van der Waals surface area contributed by atoms with Crippen LogP contribution in [-0.4, -0.2) is 15.3 Å². The number of nitrogens with zero attached hydrogens (tertiary/aromatic N) is 2. The molecule has 0 bridgehead atoms. The highest BCUT2D eigenvalue weighted by molar-refractivity contribution is 7.15. The molecule has 1 N–H and O–H groups in total. The van der Waals surface area contributed by atoms with Crippen molar-refractivity contribution in [3.63, 3.8) is 0 Å². The summed E-state index contributed by atoms with van der Waals surface area (Å²) in [6.45, 7) is 3.79. The van der Waals surface area contributed by atoms with Gasteiger partial charge in [-0.3, -0.25) is 9.20 Å². The van der Waals surface area contributed by atoms with Crippen LogP contribution in [-0.2, 0) is 4.79 Å². The van der Waals surface area contributed by atoms with Crippen LogP contribution in [0.15, 0.2) is 53.7 Å². The number of carbonyl (C=O) groups excluding carboxylic acids is 1. The molecule has 21 heavy (non-hydrogen) atoms. The molecule has 0 atom stereocenters. The van der Waals surface area contributed by atoms with E-state index in [1.807, 2.05) is 60.3 Å². The number of rotatable bonds is 3. The zero-order chi connectivity index (χ0) is 14.8. The molecule has 0 aliphatic rings. The highest BCUT2D eigenvalue weighted by Crippen LogP contribution is 2.23. The number of allylic oxidation sites excluding steroid dienone is 1. The van der Waals surface area contributed by atoms with Crippen LogP contribution in [0.5, 0.6) is 0 Å². The molecule has 0 aliphatic heterocycles. The fourth-order valence-electron chi connectivity index (χ4n) is 2.03. The molecule has 1 amide bonds. The SMILES string of the molecule is CC(C)=CC(=O)Nc1ccc(-c2cn3ccsc3n2)cc1. The summed E-state index contributed by atoms with van der Waals surface area (Å²) in [5.74, 6) is -0.106. The van der Waals surface area contributed by atoms with Crippen LogP contribution in [0.3, 0.4) is 0 Å². The van der Waals surface area contributed by atoms with Crippen molar-refractivity contribution in [3.05, 3.63) is 53.7 Å². The number of carbonyl (C=O) groups is 1. The Morgan fingerprint density at radius 3 is 2.71 bits per heavy atom. The third kappa shape index (κ3) is 3.03. The highest BCUT2D eigenvalue weighted by Gasteiger charge is 2.05. The van der Waals surface area contributed by atoms with Gasteiger partial charge in [0, 0.05) is 35.1 Å². The van der Waals surface area contributed by atoms with Gasteiger partial charge in [0.05, 0.1) is 5.69 Å². The number of imidazole rings is 1. The zero-order valence-corrected chi connectivity index (χ0v) is 12.6. The number of aromatic nitrogens is 2. The Labute approximate surface area is 126 Å². The lowest BCUT2D eigenvalue weighted by Gasteiger charge is -2.03. The summed E-state index contributed by atoms with van der Waals surface area (Å²) >= 11 is 1.61. The summed E-state index contributed by atoms with van der Waals surface area (Å²) < 4.78 is 2.00. The van der Waals surface area contributed by atoms with E-state index in [-0.39, 0.29) is 5.91 Å². The van der Waals surface area contributed by atoms with E-state index in [2.05, 4.69) is 10.3 Å². The molecule has 0 spiro atoms. The minimum Gasteiger partial charge on any atom is -0.323 e. The number of hydrogen-bond acceptors (Lipinski definition) is 3. The smallest absolute Gasteiger partial charge is 0.248 e. The number of fused-ring (bicyclic) bond motifs is 1. The van der Waals surface area contributed by atoms with Gasteiger partial charge in [0.15, 0.2) is 4.96 Å². The molecule has 106 valence electrons. The molecule has 0 radical (unpaired) electrons. The van der Waals surface area contributed by atoms with E-state index < -0.39 is 0 Å². The van der Waals surface area contributed by atoms with Gasteiger partial charge in [-0.25, -0.2) is 4.98 Å². The van der Waals surface area contributed by atoms with Crippen molar-refractivity contribution in [3.8, 4) is 11.3 Å². The zero-order valence-electron chi connectivity index (χ0n) is 11.8. The van der Waals surface area contributed by atoms with E-state index in [4.69, 9.17) is 0 Å². The van der Waals surface area contributed by atoms with Crippen LogP contribution in [0.2, 0.25) is 0 Å². The van der Waals surface area contributed by atoms with Gasteiger partial charge in [-0.05, 0) is 26.0 Å². The molecule has 3 rings (SSSR count). The first-order valence-electron chi connectivity index (χ1n) is 6.60. The van der Waals surface area contributed by atoms with Gasteiger partial charge < -0.3 is 5.32 Å². The van der Waals surface area contributed by atoms with E-state index in [1.165, 1.54) is 0 Å². The van der Waals surface area contributed by atoms with Gasteiger partial charge in [-0.1, -0.05) is 17.7 Å². The second-order valence-electron chi connectivity index (χ2n) is 5.01. The maximum atomic E-state index is 11.7. The van der Waals surface area contributed by atoms with Crippen molar-refractivity contribution < 1.29 is 4.79 Å². The Morgan fingerprint density at radius 1 is 1.29 bits per heavy atom. The first-order chi connectivity index (χ1) is 10.1. The van der Waals surface area contributed by atoms with Crippen LogP contribution in [0.25, 0.3) is 16.2 Å². The standard InChI is InChI=1S/C16H15N3OS/c1-11(2)9-15(20)17-13-5-3-12(4-6-13)14-10-19-7-8-21-16(19)18-14/h3-10H,1-2H3,(H,17,20). The van der Waals surface area contributed by atoms with E-state index in [1.54, 1.807) is 17.4 Å². The fraction of sp³-hybridized carbons (Fsp3) is 0.125. The maximum absolute atomic E-state index is 11.7. The average molecular weight is 297 g/mol. The molecule has 0 saturated carbocycles. The number of anilines is 1. The van der Waals surface area contributed by atoms with E-state index in [0.29, 0.717) is 0 Å². The number of thiazole rings is 1. The van der Waals surface area contributed by atoms with Gasteiger partial charge in [0.2, 0.25) is 5.91 Å². The monoisotopic (exact) mass is 297 g/mol. The normalized spacial score (nSPS) is 10.6. The van der Waals surface area contributed by atoms with Crippen LogP contribution in [0, 0.1) is 0 Å². The molecule has 0 saturated heterocycles. The Hall–Kier alpha value is -2.40. The van der Waals surface area contributed by atoms with Gasteiger partial charge >= 0.3 is 0 Å². The molecular weight excluding hydrogens is 282 g/mol. The second-order valence-corrected chi connectivity index (χ2v) is 5.88. The summed E-state index contributed by atoms with van der Waals surface area (Å²) in [4.78, 5) is 17.2. The van der Waals surface area contributed by atoms with Crippen LogP contribution >= 0.6 is 11.3 Å². The molecule has 2 heterocycles. The van der Waals surface area contributed by atoms with Crippen LogP contribution < -0.4 is 5.32 Å². The molecule has 1 aromatic carbocycles. The average Bonchev–Trinajstić information content (AvgIpc) is 2.99. The highest BCUT2D eigenvalue weighted by atomic mass is 32.1. The summed E-state index contributed by atoms with van der Waals surface area (Å²) in [5, 5.41) is 4.84. The molecule has 5 heteroatoms. The Balaban J connectivity index is 1.79. The van der Waals surface area contributed by atoms with Crippen molar-refractivity contribution >= 4 is 27.9 Å². The lowest BCUT2D eigenvalue weighted by Crippen LogP contribution is -2.08. The Bertz CT molecular complexity index is 779. The second kappa shape index (κ2) is 5.54.